The van der Waals surface area contributed by atoms with Crippen molar-refractivity contribution in [3.05, 3.63) is 22.9 Å². The highest BCUT2D eigenvalue weighted by Gasteiger charge is 2.39. The number of nitrogens with zero attached hydrogens (tertiary/aromatic N) is 3. The lowest BCUT2D eigenvalue weighted by Gasteiger charge is -2.21. The molecule has 9 nitrogen and oxygen atoms in total. The highest BCUT2D eigenvalue weighted by atomic mass is 19.4. The molecule has 2 aliphatic heterocycles. The number of alkyl halides is 6. The van der Waals surface area contributed by atoms with Gasteiger partial charge in [0.2, 0.25) is 0 Å². The van der Waals surface area contributed by atoms with Crippen molar-refractivity contribution in [2.24, 2.45) is 11.8 Å². The average Bonchev–Trinajstić information content (AvgIpc) is 3.57. The summed E-state index contributed by atoms with van der Waals surface area (Å²) in [7, 11) is 0. The van der Waals surface area contributed by atoms with E-state index in [1.54, 1.807) is 0 Å². The summed E-state index contributed by atoms with van der Waals surface area (Å²) < 4.78 is 63.5. The van der Waals surface area contributed by atoms with Crippen molar-refractivity contribution < 1.29 is 50.9 Å². The van der Waals surface area contributed by atoms with E-state index in [1.807, 2.05) is 4.90 Å². The first-order chi connectivity index (χ1) is 19.0. The monoisotopic (exact) mass is 598 g/mol. The van der Waals surface area contributed by atoms with E-state index in [4.69, 9.17) is 24.8 Å². The van der Waals surface area contributed by atoms with Gasteiger partial charge in [-0.1, -0.05) is 13.8 Å². The van der Waals surface area contributed by atoms with Crippen molar-refractivity contribution in [2.75, 3.05) is 44.6 Å². The number of aliphatic carboxylic acids is 2. The second-order valence-electron chi connectivity index (χ2n) is 10.6. The maximum atomic E-state index is 13.1. The molecular weight excluding hydrogens is 562 g/mol. The zero-order valence-corrected chi connectivity index (χ0v) is 22.9. The number of halogens is 6. The molecular formula is C26H36F6N4O5. The fourth-order valence-corrected chi connectivity index (χ4v) is 4.33. The molecule has 2 fully saturated rings. The van der Waals surface area contributed by atoms with Crippen LogP contribution in [0, 0.1) is 11.8 Å². The van der Waals surface area contributed by atoms with E-state index in [2.05, 4.69) is 30.1 Å². The fourth-order valence-electron chi connectivity index (χ4n) is 4.33. The zero-order valence-electron chi connectivity index (χ0n) is 22.9. The summed E-state index contributed by atoms with van der Waals surface area (Å²) in [5, 5.41) is 17.8. The van der Waals surface area contributed by atoms with Crippen molar-refractivity contribution in [3.8, 4) is 0 Å². The molecule has 4 rings (SSSR count). The third-order valence-electron chi connectivity index (χ3n) is 6.54. The number of anilines is 1. The molecule has 232 valence electrons. The molecule has 3 aliphatic rings. The summed E-state index contributed by atoms with van der Waals surface area (Å²) in [5.74, 6) is -3.07. The Morgan fingerprint density at radius 2 is 1.46 bits per heavy atom. The molecule has 1 aliphatic carbocycles. The lowest BCUT2D eigenvalue weighted by Crippen LogP contribution is -2.30. The highest BCUT2D eigenvalue weighted by molar-refractivity contribution is 5.99. The van der Waals surface area contributed by atoms with E-state index in [0.717, 1.165) is 82.3 Å². The number of nitrogens with one attached hydrogen (secondary N) is 1. The zero-order chi connectivity index (χ0) is 31.0. The number of aromatic nitrogens is 1. The van der Waals surface area contributed by atoms with Gasteiger partial charge in [0.15, 0.2) is 0 Å². The minimum Gasteiger partial charge on any atom is -0.475 e. The predicted octanol–water partition coefficient (Wildman–Crippen LogP) is 4.46. The highest BCUT2D eigenvalue weighted by Crippen LogP contribution is 2.30. The quantitative estimate of drug-likeness (QED) is 0.411. The van der Waals surface area contributed by atoms with Crippen LogP contribution in [0.4, 0.5) is 32.2 Å². The first-order valence-electron chi connectivity index (χ1n) is 13.4. The third kappa shape index (κ3) is 11.7. The smallest absolute Gasteiger partial charge is 0.475 e. The molecule has 0 atom stereocenters. The fraction of sp³-hybridized carbons (Fsp3) is 0.692. The van der Waals surface area contributed by atoms with E-state index in [-0.39, 0.29) is 5.91 Å². The normalized spacial score (nSPS) is 17.4. The van der Waals surface area contributed by atoms with Gasteiger partial charge in [0.1, 0.15) is 5.82 Å². The molecule has 1 amide bonds. The lowest BCUT2D eigenvalue weighted by molar-refractivity contribution is -0.193. The molecule has 15 heteroatoms. The lowest BCUT2D eigenvalue weighted by atomic mass is 10.0. The maximum Gasteiger partial charge on any atom is 0.490 e. The number of carboxylic acids is 2. The van der Waals surface area contributed by atoms with Crippen molar-refractivity contribution in [1.29, 1.82) is 0 Å². The van der Waals surface area contributed by atoms with Crippen molar-refractivity contribution >= 4 is 23.7 Å². The number of hydrogen-bond donors (Lipinski definition) is 3. The number of carbonyl (C=O) groups is 3. The Bertz CT molecular complexity index is 1030. The third-order valence-corrected chi connectivity index (χ3v) is 6.54. The minimum absolute atomic E-state index is 0.171. The van der Waals surface area contributed by atoms with Gasteiger partial charge >= 0.3 is 24.3 Å². The molecule has 1 saturated carbocycles. The van der Waals surface area contributed by atoms with Gasteiger partial charge in [-0.15, -0.1) is 0 Å². The van der Waals surface area contributed by atoms with Crippen LogP contribution in [-0.2, 0) is 22.4 Å². The molecule has 3 heterocycles. The van der Waals surface area contributed by atoms with Crippen LogP contribution in [0.25, 0.3) is 0 Å². The molecule has 0 aromatic carbocycles. The van der Waals surface area contributed by atoms with E-state index in [9.17, 15) is 31.1 Å². The van der Waals surface area contributed by atoms with Gasteiger partial charge < -0.3 is 25.3 Å². The molecule has 3 N–H and O–H groups in total. The SMILES string of the molecule is CC(C)CN1CCc2cc(C(=O)N3CCCC3)c(NCC3CC3)nc2CC1.O=C(O)C(F)(F)F.O=C(O)C(F)(F)F. The van der Waals surface area contributed by atoms with E-state index >= 15 is 0 Å². The van der Waals surface area contributed by atoms with Crippen molar-refractivity contribution in [2.45, 2.75) is 64.7 Å². The van der Waals surface area contributed by atoms with Gasteiger partial charge in [0, 0.05) is 51.4 Å². The van der Waals surface area contributed by atoms with Crippen molar-refractivity contribution in [3.63, 3.8) is 0 Å². The first kappa shape index (κ1) is 34.1. The van der Waals surface area contributed by atoms with Crippen LogP contribution in [0.3, 0.4) is 0 Å². The largest absolute Gasteiger partial charge is 0.490 e. The van der Waals surface area contributed by atoms with Crippen LogP contribution < -0.4 is 5.32 Å². The molecule has 0 spiro atoms. The van der Waals surface area contributed by atoms with Crippen LogP contribution in [0.5, 0.6) is 0 Å². The topological polar surface area (TPSA) is 123 Å². The average molecular weight is 599 g/mol. The van der Waals surface area contributed by atoms with Crippen LogP contribution in [0.2, 0.25) is 0 Å². The summed E-state index contributed by atoms with van der Waals surface area (Å²) >= 11 is 0. The summed E-state index contributed by atoms with van der Waals surface area (Å²) in [4.78, 5) is 40.5. The van der Waals surface area contributed by atoms with Crippen LogP contribution in [-0.4, -0.2) is 94.5 Å². The Morgan fingerprint density at radius 3 is 1.93 bits per heavy atom. The number of likely N-dealkylation sites (tertiary alicyclic amines) is 1. The predicted molar refractivity (Wildman–Crippen MR) is 137 cm³/mol. The van der Waals surface area contributed by atoms with E-state index in [0.29, 0.717) is 5.92 Å². The van der Waals surface area contributed by atoms with E-state index in [1.165, 1.54) is 24.1 Å². The Balaban J connectivity index is 0.000000349. The van der Waals surface area contributed by atoms with Gasteiger partial charge in [-0.05, 0) is 55.6 Å². The molecule has 41 heavy (non-hydrogen) atoms. The van der Waals surface area contributed by atoms with E-state index < -0.39 is 24.3 Å². The van der Waals surface area contributed by atoms with Crippen LogP contribution >= 0.6 is 0 Å². The number of carbonyl (C=O) groups excluding carboxylic acids is 1. The number of carboxylic acid groups (broad SMARTS) is 2. The summed E-state index contributed by atoms with van der Waals surface area (Å²) in [6.07, 6.45) is -3.33. The Kier molecular flexibility index (Phi) is 12.2. The Morgan fingerprint density at radius 1 is 0.951 bits per heavy atom. The Hall–Kier alpha value is -3.10. The van der Waals surface area contributed by atoms with Gasteiger partial charge in [0.25, 0.3) is 5.91 Å². The summed E-state index contributed by atoms with van der Waals surface area (Å²) in [5.41, 5.74) is 3.27. The minimum atomic E-state index is -5.08. The number of hydrogen-bond acceptors (Lipinski definition) is 6. The number of fused-ring (bicyclic) bond motifs is 1. The second kappa shape index (κ2) is 14.7. The number of pyridine rings is 1. The van der Waals surface area contributed by atoms with Gasteiger partial charge in [-0.25, -0.2) is 14.6 Å². The second-order valence-corrected chi connectivity index (χ2v) is 10.6. The molecule has 0 unspecified atom stereocenters. The van der Waals surface area contributed by atoms with Gasteiger partial charge in [0.05, 0.1) is 5.56 Å². The Labute approximate surface area is 233 Å². The summed E-state index contributed by atoms with van der Waals surface area (Å²) in [6, 6.07) is 2.16. The molecule has 0 radical (unpaired) electrons. The van der Waals surface area contributed by atoms with Crippen LogP contribution in [0.1, 0.15) is 61.1 Å². The van der Waals surface area contributed by atoms with Gasteiger partial charge in [-0.2, -0.15) is 26.3 Å². The van der Waals surface area contributed by atoms with Crippen LogP contribution in [0.15, 0.2) is 6.07 Å². The molecule has 0 bridgehead atoms. The number of amides is 1. The molecule has 1 saturated heterocycles. The maximum absolute atomic E-state index is 13.1. The molecule has 1 aromatic rings. The number of rotatable bonds is 6. The van der Waals surface area contributed by atoms with Crippen molar-refractivity contribution in [1.82, 2.24) is 14.8 Å². The standard InChI is InChI=1S/C22H34N4O.2C2HF3O2/c1-16(2)15-25-11-7-18-13-19(22(27)26-9-3-4-10-26)21(23-14-17-5-6-17)24-20(18)8-12-25;2*3-2(4,5)1(6)7/h13,16-17H,3-12,14-15H2,1-2H3,(H,23,24);2*(H,6,7). The summed E-state index contributed by atoms with van der Waals surface area (Å²) in [6.45, 7) is 10.6. The molecule has 1 aromatic heterocycles. The van der Waals surface area contributed by atoms with Gasteiger partial charge in [-0.3, -0.25) is 4.79 Å². The first-order valence-corrected chi connectivity index (χ1v) is 13.4.